The third-order valence-corrected chi connectivity index (χ3v) is 9.65. The zero-order chi connectivity index (χ0) is 33.1. The van der Waals surface area contributed by atoms with Gasteiger partial charge in [0.05, 0.1) is 11.7 Å². The van der Waals surface area contributed by atoms with E-state index in [9.17, 15) is 44.5 Å². The number of carbonyl (C=O) groups is 4. The summed E-state index contributed by atoms with van der Waals surface area (Å²) in [5.41, 5.74) is 4.39. The molecule has 2 atom stereocenters. The van der Waals surface area contributed by atoms with Crippen molar-refractivity contribution in [1.29, 1.82) is 0 Å². The standard InChI is InChI=1S/C26H23N7O10S3.2Na/c27-26-28-15(11-46-26)19(30-43-8-13-5-16(34)17(35)6-32(13)42)22(38)29-20-23(39)33-21(25(40)41)12(10-45-24(20)33)9-44-14-1-3-31(4-2-14)7-18(36)37;;/h1-6,11,20,24,42H,7-10H2,(H5-,27,28,29,35,36,37,38,40,41);;/q;2*+1/p-2/b30-19-;;. The van der Waals surface area contributed by atoms with Crippen LogP contribution < -0.4 is 95.5 Å². The first-order valence-electron chi connectivity index (χ1n) is 13.0. The van der Waals surface area contributed by atoms with Gasteiger partial charge in [-0.1, -0.05) is 5.16 Å². The van der Waals surface area contributed by atoms with Crippen LogP contribution in [0, 0.1) is 0 Å². The van der Waals surface area contributed by atoms with E-state index in [2.05, 4.69) is 15.5 Å². The summed E-state index contributed by atoms with van der Waals surface area (Å²) in [7, 11) is 0. The number of nitrogen functional groups attached to an aromatic ring is 1. The van der Waals surface area contributed by atoms with Crippen LogP contribution in [0.3, 0.4) is 0 Å². The number of carboxylic acids is 2. The number of carboxylic acid groups (broad SMARTS) is 2. The quantitative estimate of drug-likeness (QED) is 0.0297. The smallest absolute Gasteiger partial charge is 0.869 e. The number of hydrogen-bond donors (Lipinski definition) is 3. The number of hydrogen-bond acceptors (Lipinski definition) is 16. The average molecular weight is 734 g/mol. The molecule has 1 fully saturated rings. The molecule has 2 unspecified atom stereocenters. The summed E-state index contributed by atoms with van der Waals surface area (Å²) in [5.74, 6) is -4.93. The summed E-state index contributed by atoms with van der Waals surface area (Å²) in [6, 6.07) is 3.03. The molecule has 2 aliphatic heterocycles. The van der Waals surface area contributed by atoms with Crippen LogP contribution >= 0.6 is 34.9 Å². The van der Waals surface area contributed by atoms with Gasteiger partial charge in [0.15, 0.2) is 41.8 Å². The number of thiazole rings is 1. The molecule has 0 radical (unpaired) electrons. The molecule has 0 bridgehead atoms. The molecular weight excluding hydrogens is 713 g/mol. The Labute approximate surface area is 327 Å². The van der Waals surface area contributed by atoms with Crippen molar-refractivity contribution in [3.05, 3.63) is 75.1 Å². The number of rotatable bonds is 12. The molecule has 2 amide bonds. The van der Waals surface area contributed by atoms with E-state index in [1.807, 2.05) is 0 Å². The normalized spacial score (nSPS) is 17.0. The van der Waals surface area contributed by atoms with Gasteiger partial charge in [-0.25, -0.2) is 4.98 Å². The molecule has 5 rings (SSSR count). The van der Waals surface area contributed by atoms with Crippen LogP contribution in [0.5, 0.6) is 5.75 Å². The Kier molecular flexibility index (Phi) is 14.0. The number of thioether (sulfide) groups is 2. The number of nitrogens with one attached hydrogen (secondary N) is 1. The van der Waals surface area contributed by atoms with Crippen molar-refractivity contribution in [3.8, 4) is 5.75 Å². The monoisotopic (exact) mass is 733 g/mol. The molecule has 17 nitrogen and oxygen atoms in total. The maximum absolute atomic E-state index is 13.3. The molecule has 0 aromatic carbocycles. The molecule has 5 heterocycles. The molecule has 3 aromatic rings. The van der Waals surface area contributed by atoms with Gasteiger partial charge in [0, 0.05) is 46.2 Å². The van der Waals surface area contributed by atoms with Gasteiger partial charge in [0.1, 0.15) is 28.8 Å². The Bertz CT molecular complexity index is 1850. The Morgan fingerprint density at radius 1 is 1.23 bits per heavy atom. The van der Waals surface area contributed by atoms with E-state index in [4.69, 9.17) is 10.6 Å². The first-order valence-corrected chi connectivity index (χ1v) is 15.9. The van der Waals surface area contributed by atoms with Crippen LogP contribution in [-0.2, 0) is 37.2 Å². The van der Waals surface area contributed by atoms with Crippen LogP contribution in [0.25, 0.3) is 0 Å². The average Bonchev–Trinajstić information content (AvgIpc) is 3.44. The number of fused-ring (bicyclic) bond motifs is 1. The molecule has 48 heavy (non-hydrogen) atoms. The minimum atomic E-state index is -1.56. The summed E-state index contributed by atoms with van der Waals surface area (Å²) in [4.78, 5) is 72.0. The van der Waals surface area contributed by atoms with Gasteiger partial charge >= 0.3 is 59.1 Å². The first-order chi connectivity index (χ1) is 21.9. The molecule has 22 heteroatoms. The second-order valence-corrected chi connectivity index (χ2v) is 12.6. The van der Waals surface area contributed by atoms with Gasteiger partial charge in [-0.05, 0) is 11.3 Å². The fraction of sp³-hybridized carbons (Fsp3) is 0.231. The Morgan fingerprint density at radius 3 is 2.56 bits per heavy atom. The van der Waals surface area contributed by atoms with Gasteiger partial charge in [-0.2, -0.15) is 9.30 Å². The largest absolute Gasteiger partial charge is 1.00 e. The topological polar surface area (TPSA) is 259 Å². The van der Waals surface area contributed by atoms with Crippen molar-refractivity contribution in [2.24, 2.45) is 5.16 Å². The number of aliphatic carboxylic acids is 2. The Balaban J connectivity index is 0.00000312. The molecule has 1 saturated heterocycles. The zero-order valence-electron chi connectivity index (χ0n) is 25.2. The first kappa shape index (κ1) is 39.4. The number of amides is 2. The SMILES string of the molecule is Nc1nc(/C(=N/OCc2cc(=O)c([O-])cn2O)C(=O)NC2C(=O)N3C(C(=O)[O-])=C(CSc4cc[n+](CC(=O)[O-])cc4)CSC23)cs1.[Na+].[Na+]. The number of nitrogens with two attached hydrogens (primary N) is 1. The molecule has 0 spiro atoms. The van der Waals surface area contributed by atoms with Gasteiger partial charge in [0.25, 0.3) is 11.8 Å². The van der Waals surface area contributed by atoms with Crippen molar-refractivity contribution >= 4 is 69.5 Å². The Hall–Kier alpha value is -3.08. The summed E-state index contributed by atoms with van der Waals surface area (Å²) in [6.45, 7) is -0.846. The zero-order valence-corrected chi connectivity index (χ0v) is 31.6. The summed E-state index contributed by atoms with van der Waals surface area (Å²) < 4.78 is 1.79. The number of carbonyl (C=O) groups excluding carboxylic acids is 4. The van der Waals surface area contributed by atoms with Crippen LogP contribution in [-0.4, -0.2) is 72.2 Å². The van der Waals surface area contributed by atoms with E-state index >= 15 is 0 Å². The molecule has 0 aliphatic carbocycles. The maximum atomic E-state index is 13.3. The predicted octanol–water partition coefficient (Wildman–Crippen LogP) is -9.64. The van der Waals surface area contributed by atoms with E-state index in [1.54, 1.807) is 24.5 Å². The van der Waals surface area contributed by atoms with E-state index in [0.717, 1.165) is 27.2 Å². The number of pyridine rings is 2. The number of nitrogens with zero attached hydrogens (tertiary/aromatic N) is 5. The molecule has 3 aromatic heterocycles. The minimum Gasteiger partial charge on any atom is -0.869 e. The van der Waals surface area contributed by atoms with E-state index in [0.29, 0.717) is 16.5 Å². The van der Waals surface area contributed by atoms with Crippen molar-refractivity contribution in [2.75, 3.05) is 17.2 Å². The van der Waals surface area contributed by atoms with E-state index in [-0.39, 0.29) is 99.4 Å². The molecule has 4 N–H and O–H groups in total. The molecule has 240 valence electrons. The minimum absolute atomic E-state index is 0. The van der Waals surface area contributed by atoms with Crippen LogP contribution in [0.15, 0.2) is 68.3 Å². The van der Waals surface area contributed by atoms with Crippen LogP contribution in [0.4, 0.5) is 5.13 Å². The third-order valence-electron chi connectivity index (χ3n) is 6.53. The second kappa shape index (κ2) is 17.0. The summed E-state index contributed by atoms with van der Waals surface area (Å²) in [5, 5.41) is 51.2. The predicted molar refractivity (Wildman–Crippen MR) is 155 cm³/mol. The van der Waals surface area contributed by atoms with Crippen molar-refractivity contribution in [1.82, 2.24) is 19.9 Å². The van der Waals surface area contributed by atoms with Crippen molar-refractivity contribution in [2.45, 2.75) is 29.5 Å². The molecule has 0 saturated carbocycles. The van der Waals surface area contributed by atoms with Crippen LogP contribution in [0.2, 0.25) is 0 Å². The number of aromatic nitrogens is 3. The van der Waals surface area contributed by atoms with E-state index in [1.165, 1.54) is 33.5 Å². The maximum Gasteiger partial charge on any atom is 1.00 e. The molecular formula is C26H21N7Na2O10S3. The second-order valence-electron chi connectivity index (χ2n) is 9.59. The molecule has 2 aliphatic rings. The fourth-order valence-electron chi connectivity index (χ4n) is 4.38. The number of oxime groups is 1. The fourth-order valence-corrected chi connectivity index (χ4v) is 7.29. The summed E-state index contributed by atoms with van der Waals surface area (Å²) >= 11 is 3.51. The number of β-lactam (4-membered cyclic amide) rings is 1. The van der Waals surface area contributed by atoms with Crippen LogP contribution in [0.1, 0.15) is 11.4 Å². The van der Waals surface area contributed by atoms with Crippen molar-refractivity contribution in [3.63, 3.8) is 0 Å². The van der Waals surface area contributed by atoms with E-state index < -0.39 is 58.7 Å². The third kappa shape index (κ3) is 8.93. The van der Waals surface area contributed by atoms with Gasteiger partial charge in [-0.15, -0.1) is 34.9 Å². The van der Waals surface area contributed by atoms with Gasteiger partial charge in [0.2, 0.25) is 0 Å². The van der Waals surface area contributed by atoms with Gasteiger partial charge in [-0.3, -0.25) is 19.3 Å². The number of anilines is 1. The summed E-state index contributed by atoms with van der Waals surface area (Å²) in [6.07, 6.45) is 3.74. The van der Waals surface area contributed by atoms with Crippen molar-refractivity contribution < 1.29 is 108 Å². The van der Waals surface area contributed by atoms with Gasteiger partial charge < -0.3 is 46.0 Å². The Morgan fingerprint density at radius 2 is 1.94 bits per heavy atom.